The fourth-order valence-electron chi connectivity index (χ4n) is 1.41. The fraction of sp³-hybridized carbons (Fsp3) is 1.00. The Morgan fingerprint density at radius 3 is 2.62 bits per heavy atom. The second kappa shape index (κ2) is 6.80. The number of rotatable bonds is 6. The molecule has 0 aromatic carbocycles. The number of thioether (sulfide) groups is 1. The Morgan fingerprint density at radius 2 is 2.06 bits per heavy atom. The first kappa shape index (κ1) is 14.2. The monoisotopic (exact) mass is 268 g/mol. The lowest BCUT2D eigenvalue weighted by molar-refractivity contribution is 0.292. The van der Waals surface area contributed by atoms with Gasteiger partial charge >= 0.3 is 0 Å². The maximum atomic E-state index is 11.5. The van der Waals surface area contributed by atoms with Gasteiger partial charge < -0.3 is 10.0 Å². The molecule has 5 nitrogen and oxygen atoms in total. The van der Waals surface area contributed by atoms with E-state index in [2.05, 4.69) is 9.62 Å². The summed E-state index contributed by atoms with van der Waals surface area (Å²) in [6.45, 7) is 4.40. The number of hydrogen-bond donors (Lipinski definition) is 2. The van der Waals surface area contributed by atoms with E-state index >= 15 is 0 Å². The van der Waals surface area contributed by atoms with Crippen molar-refractivity contribution in [1.29, 1.82) is 0 Å². The largest absolute Gasteiger partial charge is 0.395 e. The molecule has 0 radical (unpaired) electrons. The molecule has 0 amide bonds. The number of hydrogen-bond acceptors (Lipinski definition) is 5. The highest BCUT2D eigenvalue weighted by atomic mass is 32.2. The van der Waals surface area contributed by atoms with Gasteiger partial charge in [0.15, 0.2) is 0 Å². The summed E-state index contributed by atoms with van der Waals surface area (Å²) in [5.74, 6) is 2.25. The van der Waals surface area contributed by atoms with Crippen LogP contribution in [-0.2, 0) is 10.0 Å². The molecule has 1 atom stereocenters. The maximum Gasteiger partial charge on any atom is 0.216 e. The Hall–Kier alpha value is 0.180. The van der Waals surface area contributed by atoms with Gasteiger partial charge in [-0.1, -0.05) is 0 Å². The zero-order valence-corrected chi connectivity index (χ0v) is 11.2. The van der Waals surface area contributed by atoms with Crippen LogP contribution < -0.4 is 4.72 Å². The van der Waals surface area contributed by atoms with Crippen molar-refractivity contribution in [3.05, 3.63) is 0 Å². The van der Waals surface area contributed by atoms with Gasteiger partial charge in [0.2, 0.25) is 10.0 Å². The first-order valence-corrected chi connectivity index (χ1v) is 8.16. The van der Waals surface area contributed by atoms with Crippen molar-refractivity contribution in [2.75, 3.05) is 44.3 Å². The van der Waals surface area contributed by atoms with Crippen molar-refractivity contribution in [3.63, 3.8) is 0 Å². The number of aliphatic hydroxyl groups is 1. The summed E-state index contributed by atoms with van der Waals surface area (Å²) in [5, 5.41) is 8.05. The summed E-state index contributed by atoms with van der Waals surface area (Å²) in [5.41, 5.74) is 0. The van der Waals surface area contributed by atoms with Gasteiger partial charge in [0.1, 0.15) is 0 Å². The molecule has 1 heterocycles. The zero-order chi connectivity index (χ0) is 12.0. The topological polar surface area (TPSA) is 69.6 Å². The van der Waals surface area contributed by atoms with Crippen LogP contribution in [0.2, 0.25) is 0 Å². The molecule has 0 aromatic heterocycles. The van der Waals surface area contributed by atoms with E-state index in [0.717, 1.165) is 31.1 Å². The molecular formula is C9H20N2O3S2. The smallest absolute Gasteiger partial charge is 0.216 e. The Kier molecular flexibility index (Phi) is 6.06. The quantitative estimate of drug-likeness (QED) is 0.669. The first-order valence-electron chi connectivity index (χ1n) is 5.45. The van der Waals surface area contributed by atoms with E-state index < -0.39 is 15.3 Å². The molecule has 2 N–H and O–H groups in total. The van der Waals surface area contributed by atoms with E-state index in [1.54, 1.807) is 0 Å². The second-order valence-electron chi connectivity index (χ2n) is 3.89. The minimum absolute atomic E-state index is 0.338. The van der Waals surface area contributed by atoms with Crippen molar-refractivity contribution in [1.82, 2.24) is 9.62 Å². The maximum absolute atomic E-state index is 11.5. The summed E-state index contributed by atoms with van der Waals surface area (Å²) in [6.07, 6.45) is 0. The summed E-state index contributed by atoms with van der Waals surface area (Å²) in [7, 11) is -3.34. The lowest BCUT2D eigenvalue weighted by atomic mass is 10.5. The third kappa shape index (κ3) is 4.58. The van der Waals surface area contributed by atoms with Crippen LogP contribution in [0.25, 0.3) is 0 Å². The predicted octanol–water partition coefficient (Wildman–Crippen LogP) is -0.665. The minimum atomic E-state index is -3.34. The SMILES string of the molecule is CC(CO)S(=O)(=O)NCCN1CCSCC1. The van der Waals surface area contributed by atoms with Gasteiger partial charge in [0.05, 0.1) is 11.9 Å². The molecule has 7 heteroatoms. The van der Waals surface area contributed by atoms with Crippen molar-refractivity contribution < 1.29 is 13.5 Å². The highest BCUT2D eigenvalue weighted by Gasteiger charge is 2.19. The van der Waals surface area contributed by atoms with E-state index in [1.807, 2.05) is 11.8 Å². The summed E-state index contributed by atoms with van der Waals surface area (Å²) in [4.78, 5) is 2.25. The lowest BCUT2D eigenvalue weighted by Gasteiger charge is -2.26. The first-order chi connectivity index (χ1) is 7.56. The van der Waals surface area contributed by atoms with E-state index in [9.17, 15) is 8.42 Å². The third-order valence-electron chi connectivity index (χ3n) is 2.62. The Balaban J connectivity index is 2.23. The zero-order valence-electron chi connectivity index (χ0n) is 9.55. The number of nitrogens with zero attached hydrogens (tertiary/aromatic N) is 1. The van der Waals surface area contributed by atoms with Crippen LogP contribution in [0, 0.1) is 0 Å². The molecule has 0 bridgehead atoms. The third-order valence-corrected chi connectivity index (χ3v) is 5.38. The Morgan fingerprint density at radius 1 is 1.44 bits per heavy atom. The predicted molar refractivity (Wildman–Crippen MR) is 67.2 cm³/mol. The van der Waals surface area contributed by atoms with Crippen molar-refractivity contribution in [2.45, 2.75) is 12.2 Å². The molecule has 1 aliphatic rings. The molecule has 1 saturated heterocycles. The van der Waals surface area contributed by atoms with E-state index in [4.69, 9.17) is 5.11 Å². The summed E-state index contributed by atoms with van der Waals surface area (Å²) in [6, 6.07) is 0. The molecule has 0 spiro atoms. The molecule has 0 saturated carbocycles. The van der Waals surface area contributed by atoms with Gasteiger partial charge in [-0.15, -0.1) is 0 Å². The second-order valence-corrected chi connectivity index (χ2v) is 7.29. The van der Waals surface area contributed by atoms with Gasteiger partial charge in [-0.25, -0.2) is 13.1 Å². The molecule has 1 rings (SSSR count). The highest BCUT2D eigenvalue weighted by molar-refractivity contribution is 7.99. The van der Waals surface area contributed by atoms with E-state index in [1.165, 1.54) is 6.92 Å². The van der Waals surface area contributed by atoms with Gasteiger partial charge in [-0.2, -0.15) is 11.8 Å². The van der Waals surface area contributed by atoms with E-state index in [0.29, 0.717) is 6.54 Å². The van der Waals surface area contributed by atoms with Gasteiger partial charge in [0.25, 0.3) is 0 Å². The molecule has 16 heavy (non-hydrogen) atoms. The van der Waals surface area contributed by atoms with Gasteiger partial charge in [-0.05, 0) is 6.92 Å². The van der Waals surface area contributed by atoms with Crippen molar-refractivity contribution in [2.24, 2.45) is 0 Å². The van der Waals surface area contributed by atoms with Gasteiger partial charge in [-0.3, -0.25) is 0 Å². The molecule has 0 aliphatic carbocycles. The fourth-order valence-corrected chi connectivity index (χ4v) is 3.25. The van der Waals surface area contributed by atoms with Crippen molar-refractivity contribution in [3.8, 4) is 0 Å². The standard InChI is InChI=1S/C9H20N2O3S2/c1-9(8-12)16(13,14)10-2-3-11-4-6-15-7-5-11/h9-10,12H,2-8H2,1H3. The minimum Gasteiger partial charge on any atom is -0.395 e. The molecule has 1 unspecified atom stereocenters. The van der Waals surface area contributed by atoms with Crippen LogP contribution in [0.1, 0.15) is 6.92 Å². The molecule has 1 fully saturated rings. The van der Waals surface area contributed by atoms with Crippen LogP contribution in [0.15, 0.2) is 0 Å². The summed E-state index contributed by atoms with van der Waals surface area (Å²) < 4.78 is 25.5. The Bertz CT molecular complexity index is 289. The van der Waals surface area contributed by atoms with Crippen LogP contribution in [-0.4, -0.2) is 68.0 Å². The van der Waals surface area contributed by atoms with Gasteiger partial charge in [0, 0.05) is 37.7 Å². The Labute approximate surface area is 102 Å². The van der Waals surface area contributed by atoms with Crippen LogP contribution in [0.5, 0.6) is 0 Å². The molecular weight excluding hydrogens is 248 g/mol. The van der Waals surface area contributed by atoms with E-state index in [-0.39, 0.29) is 6.61 Å². The normalized spacial score (nSPS) is 20.9. The number of aliphatic hydroxyl groups excluding tert-OH is 1. The van der Waals surface area contributed by atoms with Crippen LogP contribution >= 0.6 is 11.8 Å². The highest BCUT2D eigenvalue weighted by Crippen LogP contribution is 2.08. The van der Waals surface area contributed by atoms with Crippen LogP contribution in [0.4, 0.5) is 0 Å². The van der Waals surface area contributed by atoms with Crippen molar-refractivity contribution >= 4 is 21.8 Å². The summed E-state index contributed by atoms with van der Waals surface area (Å²) >= 11 is 1.93. The molecule has 96 valence electrons. The number of nitrogens with one attached hydrogen (secondary N) is 1. The van der Waals surface area contributed by atoms with Crippen LogP contribution in [0.3, 0.4) is 0 Å². The lowest BCUT2D eigenvalue weighted by Crippen LogP contribution is -2.42. The average Bonchev–Trinajstić information content (AvgIpc) is 2.29. The molecule has 0 aromatic rings. The molecule has 1 aliphatic heterocycles. The average molecular weight is 268 g/mol. The number of sulfonamides is 1.